The lowest BCUT2D eigenvalue weighted by Crippen LogP contribution is -2.29. The molecule has 0 bridgehead atoms. The number of rotatable bonds is 6. The summed E-state index contributed by atoms with van der Waals surface area (Å²) in [5.74, 6) is 0.287. The lowest BCUT2D eigenvalue weighted by atomic mass is 10.1. The van der Waals surface area contributed by atoms with Crippen LogP contribution in [0.2, 0.25) is 0 Å². The number of hydrogen-bond acceptors (Lipinski definition) is 6. The Morgan fingerprint density at radius 3 is 2.58 bits per heavy atom. The van der Waals surface area contributed by atoms with Gasteiger partial charge in [0.1, 0.15) is 5.82 Å². The van der Waals surface area contributed by atoms with Crippen molar-refractivity contribution in [1.29, 1.82) is 0 Å². The molecule has 3 heterocycles. The Morgan fingerprint density at radius 1 is 0.970 bits per heavy atom. The highest BCUT2D eigenvalue weighted by Crippen LogP contribution is 2.40. The van der Waals surface area contributed by atoms with E-state index in [-0.39, 0.29) is 11.9 Å². The van der Waals surface area contributed by atoms with Gasteiger partial charge in [0.15, 0.2) is 5.13 Å². The number of halogens is 1. The van der Waals surface area contributed by atoms with Gasteiger partial charge in [0, 0.05) is 24.8 Å². The van der Waals surface area contributed by atoms with Crippen molar-refractivity contribution >= 4 is 22.4 Å². The summed E-state index contributed by atoms with van der Waals surface area (Å²) in [6.45, 7) is 4.09. The molecular weight excluding hydrogens is 433 g/mol. The van der Waals surface area contributed by atoms with E-state index in [1.807, 2.05) is 30.3 Å². The maximum Gasteiger partial charge on any atom is 0.223 e. The molecule has 0 radical (unpaired) electrons. The molecule has 7 heteroatoms. The highest BCUT2D eigenvalue weighted by atomic mass is 32.1. The first-order valence-corrected chi connectivity index (χ1v) is 12.2. The van der Waals surface area contributed by atoms with Gasteiger partial charge in [0.2, 0.25) is 5.95 Å². The van der Waals surface area contributed by atoms with E-state index in [1.165, 1.54) is 31.4 Å². The molecule has 168 valence electrons. The van der Waals surface area contributed by atoms with Gasteiger partial charge in [0.25, 0.3) is 0 Å². The minimum Gasteiger partial charge on any atom is -0.348 e. The standard InChI is InChI=1S/C26H26FN5S/c1-18(19-9-4-2-5-10-19)29-25-28-14-13-22(30-25)24-23(20-11-8-12-21(27)17-20)31-26(33-24)32-15-6-3-7-16-32/h2,4-5,8-14,17-18H,3,6-7,15-16H2,1H3,(H,28,29,30)/t18-/m0/s1. The van der Waals surface area contributed by atoms with Crippen LogP contribution in [0.4, 0.5) is 15.5 Å². The van der Waals surface area contributed by atoms with Gasteiger partial charge in [-0.2, -0.15) is 0 Å². The second-order valence-corrected chi connectivity index (χ2v) is 9.25. The van der Waals surface area contributed by atoms with Crippen molar-refractivity contribution in [3.8, 4) is 21.8 Å². The monoisotopic (exact) mass is 459 g/mol. The zero-order valence-corrected chi connectivity index (χ0v) is 19.4. The lowest BCUT2D eigenvalue weighted by molar-refractivity contribution is 0.577. The van der Waals surface area contributed by atoms with Crippen LogP contribution in [0.1, 0.15) is 37.8 Å². The van der Waals surface area contributed by atoms with Crippen LogP contribution in [0.25, 0.3) is 21.8 Å². The number of anilines is 2. The van der Waals surface area contributed by atoms with Crippen molar-refractivity contribution in [3.05, 3.63) is 78.2 Å². The summed E-state index contributed by atoms with van der Waals surface area (Å²) in [4.78, 5) is 17.5. The second kappa shape index (κ2) is 9.67. The van der Waals surface area contributed by atoms with Crippen molar-refractivity contribution in [2.45, 2.75) is 32.2 Å². The number of aromatic nitrogens is 3. The quantitative estimate of drug-likeness (QED) is 0.353. The molecule has 0 saturated carbocycles. The van der Waals surface area contributed by atoms with Gasteiger partial charge in [-0.1, -0.05) is 53.8 Å². The molecule has 2 aromatic carbocycles. The van der Waals surface area contributed by atoms with E-state index >= 15 is 0 Å². The molecule has 0 amide bonds. The molecule has 1 atom stereocenters. The Bertz CT molecular complexity index is 1220. The SMILES string of the molecule is C[C@H](Nc1nccc(-c2sc(N3CCCCC3)nc2-c2cccc(F)c2)n1)c1ccccc1. The predicted octanol–water partition coefficient (Wildman–Crippen LogP) is 6.57. The third kappa shape index (κ3) is 4.88. The fourth-order valence-electron chi connectivity index (χ4n) is 4.11. The van der Waals surface area contributed by atoms with E-state index in [0.29, 0.717) is 5.95 Å². The molecule has 0 spiro atoms. The van der Waals surface area contributed by atoms with Gasteiger partial charge >= 0.3 is 0 Å². The predicted molar refractivity (Wildman–Crippen MR) is 133 cm³/mol. The second-order valence-electron chi connectivity index (χ2n) is 8.27. The number of nitrogens with zero attached hydrogens (tertiary/aromatic N) is 4. The number of benzene rings is 2. The van der Waals surface area contributed by atoms with Crippen LogP contribution in [0.5, 0.6) is 0 Å². The van der Waals surface area contributed by atoms with Crippen LogP contribution in [-0.4, -0.2) is 28.0 Å². The Kier molecular flexibility index (Phi) is 6.30. The summed E-state index contributed by atoms with van der Waals surface area (Å²) in [7, 11) is 0. The molecule has 1 N–H and O–H groups in total. The van der Waals surface area contributed by atoms with Crippen molar-refractivity contribution < 1.29 is 4.39 Å². The van der Waals surface area contributed by atoms with E-state index in [2.05, 4.69) is 34.3 Å². The Labute approximate surface area is 197 Å². The van der Waals surface area contributed by atoms with Crippen molar-refractivity contribution in [1.82, 2.24) is 15.0 Å². The molecule has 33 heavy (non-hydrogen) atoms. The lowest BCUT2D eigenvalue weighted by Gasteiger charge is -2.25. The molecule has 5 rings (SSSR count). The largest absolute Gasteiger partial charge is 0.348 e. The maximum atomic E-state index is 14.0. The van der Waals surface area contributed by atoms with E-state index in [0.717, 1.165) is 45.6 Å². The number of thiazole rings is 1. The molecule has 2 aromatic heterocycles. The molecular formula is C26H26FN5S. The molecule has 5 nitrogen and oxygen atoms in total. The maximum absolute atomic E-state index is 14.0. The molecule has 1 aliphatic heterocycles. The van der Waals surface area contributed by atoms with Crippen LogP contribution in [0.15, 0.2) is 66.9 Å². The first-order valence-electron chi connectivity index (χ1n) is 11.3. The van der Waals surface area contributed by atoms with Crippen LogP contribution < -0.4 is 10.2 Å². The fourth-order valence-corrected chi connectivity index (χ4v) is 5.22. The van der Waals surface area contributed by atoms with E-state index in [9.17, 15) is 4.39 Å². The highest BCUT2D eigenvalue weighted by Gasteiger charge is 2.22. The van der Waals surface area contributed by atoms with Crippen molar-refractivity contribution in [2.24, 2.45) is 0 Å². The van der Waals surface area contributed by atoms with E-state index < -0.39 is 0 Å². The number of hydrogen-bond donors (Lipinski definition) is 1. The van der Waals surface area contributed by atoms with Crippen LogP contribution in [0, 0.1) is 5.82 Å². The summed E-state index contributed by atoms with van der Waals surface area (Å²) in [6, 6.07) is 18.8. The van der Waals surface area contributed by atoms with Gasteiger partial charge in [-0.3, -0.25) is 0 Å². The van der Waals surface area contributed by atoms with Crippen LogP contribution >= 0.6 is 11.3 Å². The van der Waals surface area contributed by atoms with E-state index in [4.69, 9.17) is 9.97 Å². The van der Waals surface area contributed by atoms with Crippen LogP contribution in [0.3, 0.4) is 0 Å². The van der Waals surface area contributed by atoms with Gasteiger partial charge in [-0.05, 0) is 49.9 Å². The summed E-state index contributed by atoms with van der Waals surface area (Å²) in [6.07, 6.45) is 5.36. The summed E-state index contributed by atoms with van der Waals surface area (Å²) < 4.78 is 14.0. The Morgan fingerprint density at radius 2 is 1.79 bits per heavy atom. The minimum atomic E-state index is -0.271. The third-order valence-electron chi connectivity index (χ3n) is 5.87. The molecule has 1 fully saturated rings. The normalized spacial score (nSPS) is 14.8. The molecule has 0 aliphatic carbocycles. The summed E-state index contributed by atoms with van der Waals surface area (Å²) in [5.41, 5.74) is 3.47. The van der Waals surface area contributed by atoms with Crippen LogP contribution in [-0.2, 0) is 0 Å². The Hall–Kier alpha value is -3.32. The molecule has 1 aliphatic rings. The zero-order chi connectivity index (χ0) is 22.6. The van der Waals surface area contributed by atoms with E-state index in [1.54, 1.807) is 23.6 Å². The Balaban J connectivity index is 1.51. The third-order valence-corrected chi connectivity index (χ3v) is 7.01. The van der Waals surface area contributed by atoms with Crippen molar-refractivity contribution in [2.75, 3.05) is 23.3 Å². The first-order chi connectivity index (χ1) is 16.2. The molecule has 0 unspecified atom stereocenters. The summed E-state index contributed by atoms with van der Waals surface area (Å²) >= 11 is 1.62. The minimum absolute atomic E-state index is 0.0644. The topological polar surface area (TPSA) is 53.9 Å². The number of nitrogens with one attached hydrogen (secondary N) is 1. The zero-order valence-electron chi connectivity index (χ0n) is 18.5. The fraction of sp³-hybridized carbons (Fsp3) is 0.269. The van der Waals surface area contributed by atoms with Gasteiger partial charge in [0.05, 0.1) is 22.3 Å². The average molecular weight is 460 g/mol. The highest BCUT2D eigenvalue weighted by molar-refractivity contribution is 7.19. The average Bonchev–Trinajstić information content (AvgIpc) is 3.31. The van der Waals surface area contributed by atoms with Gasteiger partial charge < -0.3 is 10.2 Å². The van der Waals surface area contributed by atoms with Gasteiger partial charge in [-0.15, -0.1) is 0 Å². The molecule has 1 saturated heterocycles. The smallest absolute Gasteiger partial charge is 0.223 e. The molecule has 4 aromatic rings. The van der Waals surface area contributed by atoms with Crippen molar-refractivity contribution in [3.63, 3.8) is 0 Å². The first kappa shape index (κ1) is 21.5. The number of piperidine rings is 1. The summed E-state index contributed by atoms with van der Waals surface area (Å²) in [5, 5.41) is 4.37. The van der Waals surface area contributed by atoms with Gasteiger partial charge in [-0.25, -0.2) is 19.3 Å².